The van der Waals surface area contributed by atoms with E-state index in [1.165, 1.54) is 13.3 Å². The topological polar surface area (TPSA) is 39.2 Å². The molecule has 0 spiro atoms. The summed E-state index contributed by atoms with van der Waals surface area (Å²) in [5.41, 5.74) is 1.20. The molecule has 3 nitrogen and oxygen atoms in total. The van der Waals surface area contributed by atoms with Gasteiger partial charge >= 0.3 is 5.97 Å². The van der Waals surface area contributed by atoms with Crippen LogP contribution in [0.5, 0.6) is 0 Å². The third kappa shape index (κ3) is 2.42. The first-order valence-electron chi connectivity index (χ1n) is 3.47. The molecule has 0 aromatic carbocycles. The second-order valence-corrected chi connectivity index (χ2v) is 3.24. The molecular weight excluding hydrogens is 257 g/mol. The van der Waals surface area contributed by atoms with Crippen LogP contribution in [0.2, 0.25) is 5.15 Å². The summed E-state index contributed by atoms with van der Waals surface area (Å²) in [4.78, 5) is 15.0. The highest BCUT2D eigenvalue weighted by atomic mass is 79.9. The lowest BCUT2D eigenvalue weighted by atomic mass is 10.2. The molecule has 0 amide bonds. The summed E-state index contributed by atoms with van der Waals surface area (Å²) in [7, 11) is 1.33. The Labute approximate surface area is 89.2 Å². The van der Waals surface area contributed by atoms with Gasteiger partial charge in [0.25, 0.3) is 0 Å². The number of ether oxygens (including phenoxy) is 1. The maximum Gasteiger partial charge on any atom is 0.339 e. The largest absolute Gasteiger partial charge is 0.465 e. The molecule has 5 heteroatoms. The van der Waals surface area contributed by atoms with E-state index in [0.29, 0.717) is 16.0 Å². The molecule has 1 aromatic rings. The summed E-state index contributed by atoms with van der Waals surface area (Å²) in [6.45, 7) is 0. The molecule has 0 fully saturated rings. The zero-order valence-corrected chi connectivity index (χ0v) is 9.22. The van der Waals surface area contributed by atoms with Crippen molar-refractivity contribution in [2.45, 2.75) is 5.33 Å². The Morgan fingerprint density at radius 1 is 1.77 bits per heavy atom. The van der Waals surface area contributed by atoms with Crippen molar-refractivity contribution in [3.63, 3.8) is 0 Å². The lowest BCUT2D eigenvalue weighted by molar-refractivity contribution is 0.0599. The van der Waals surface area contributed by atoms with Gasteiger partial charge in [0.1, 0.15) is 5.15 Å². The predicted octanol–water partition coefficient (Wildman–Crippen LogP) is 2.42. The van der Waals surface area contributed by atoms with Crippen molar-refractivity contribution in [3.8, 4) is 0 Å². The zero-order valence-electron chi connectivity index (χ0n) is 6.88. The van der Waals surface area contributed by atoms with Crippen molar-refractivity contribution in [1.29, 1.82) is 0 Å². The van der Waals surface area contributed by atoms with Crippen LogP contribution in [0, 0.1) is 0 Å². The summed E-state index contributed by atoms with van der Waals surface area (Å²) >= 11 is 8.91. The van der Waals surface area contributed by atoms with E-state index in [2.05, 4.69) is 25.7 Å². The number of hydrogen-bond donors (Lipinski definition) is 0. The van der Waals surface area contributed by atoms with Crippen LogP contribution in [0.1, 0.15) is 15.9 Å². The molecule has 0 aliphatic heterocycles. The molecule has 13 heavy (non-hydrogen) atoms. The van der Waals surface area contributed by atoms with Crippen LogP contribution >= 0.6 is 27.5 Å². The van der Waals surface area contributed by atoms with Gasteiger partial charge in [0, 0.05) is 11.5 Å². The first-order chi connectivity index (χ1) is 6.19. The molecule has 0 bridgehead atoms. The summed E-state index contributed by atoms with van der Waals surface area (Å²) in [5, 5.41) is 0.904. The maximum absolute atomic E-state index is 11.2. The van der Waals surface area contributed by atoms with Crippen LogP contribution in [0.4, 0.5) is 0 Å². The highest BCUT2D eigenvalue weighted by Gasteiger charge is 2.11. The zero-order chi connectivity index (χ0) is 9.84. The van der Waals surface area contributed by atoms with Crippen LogP contribution in [0.25, 0.3) is 0 Å². The molecule has 70 valence electrons. The van der Waals surface area contributed by atoms with Crippen molar-refractivity contribution < 1.29 is 9.53 Å². The Morgan fingerprint density at radius 2 is 2.46 bits per heavy atom. The van der Waals surface area contributed by atoms with Crippen molar-refractivity contribution >= 4 is 33.5 Å². The van der Waals surface area contributed by atoms with E-state index in [4.69, 9.17) is 11.6 Å². The van der Waals surface area contributed by atoms with Gasteiger partial charge in [-0.3, -0.25) is 0 Å². The number of carbonyl (C=O) groups is 1. The van der Waals surface area contributed by atoms with Gasteiger partial charge in [-0.25, -0.2) is 9.78 Å². The summed E-state index contributed by atoms with van der Waals surface area (Å²) in [6.07, 6.45) is 1.41. The van der Waals surface area contributed by atoms with Crippen molar-refractivity contribution in [2.24, 2.45) is 0 Å². The fraction of sp³-hybridized carbons (Fsp3) is 0.250. The SMILES string of the molecule is COC(=O)c1cnc(Cl)cc1CBr. The van der Waals surface area contributed by atoms with Crippen LogP contribution in [0.3, 0.4) is 0 Å². The van der Waals surface area contributed by atoms with Gasteiger partial charge in [0.05, 0.1) is 12.7 Å². The number of alkyl halides is 1. The Morgan fingerprint density at radius 3 is 3.00 bits per heavy atom. The van der Waals surface area contributed by atoms with E-state index in [9.17, 15) is 4.79 Å². The van der Waals surface area contributed by atoms with Crippen LogP contribution in [0.15, 0.2) is 12.3 Å². The molecule has 0 unspecified atom stereocenters. The molecule has 0 saturated heterocycles. The van der Waals surface area contributed by atoms with Gasteiger partial charge in [0.15, 0.2) is 0 Å². The Kier molecular flexibility index (Phi) is 3.69. The van der Waals surface area contributed by atoms with Crippen molar-refractivity contribution in [2.75, 3.05) is 7.11 Å². The van der Waals surface area contributed by atoms with Crippen LogP contribution < -0.4 is 0 Å². The molecule has 0 saturated carbocycles. The van der Waals surface area contributed by atoms with E-state index in [-0.39, 0.29) is 0 Å². The monoisotopic (exact) mass is 263 g/mol. The third-order valence-corrected chi connectivity index (χ3v) is 2.32. The highest BCUT2D eigenvalue weighted by Crippen LogP contribution is 2.16. The van der Waals surface area contributed by atoms with Gasteiger partial charge in [-0.15, -0.1) is 0 Å². The molecule has 1 aromatic heterocycles. The first-order valence-corrected chi connectivity index (χ1v) is 4.97. The first kappa shape index (κ1) is 10.5. The minimum Gasteiger partial charge on any atom is -0.465 e. The van der Waals surface area contributed by atoms with Gasteiger partial charge in [-0.2, -0.15) is 0 Å². The number of esters is 1. The highest BCUT2D eigenvalue weighted by molar-refractivity contribution is 9.08. The number of halogens is 2. The molecule has 0 aliphatic carbocycles. The summed E-state index contributed by atoms with van der Waals surface area (Å²) in [6, 6.07) is 1.63. The third-order valence-electron chi connectivity index (χ3n) is 1.51. The molecule has 1 heterocycles. The number of hydrogen-bond acceptors (Lipinski definition) is 3. The Bertz CT molecular complexity index is 330. The van der Waals surface area contributed by atoms with E-state index in [1.807, 2.05) is 0 Å². The molecule has 0 atom stereocenters. The smallest absolute Gasteiger partial charge is 0.339 e. The lowest BCUT2D eigenvalue weighted by Gasteiger charge is -2.04. The maximum atomic E-state index is 11.2. The number of nitrogens with zero attached hydrogens (tertiary/aromatic N) is 1. The quantitative estimate of drug-likeness (QED) is 0.468. The fourth-order valence-electron chi connectivity index (χ4n) is 0.872. The second-order valence-electron chi connectivity index (χ2n) is 2.29. The Balaban J connectivity index is 3.13. The van der Waals surface area contributed by atoms with Crippen LogP contribution in [-0.2, 0) is 10.1 Å². The number of methoxy groups -OCH3 is 1. The minimum atomic E-state index is -0.404. The number of rotatable bonds is 2. The second kappa shape index (κ2) is 4.58. The van der Waals surface area contributed by atoms with E-state index in [1.54, 1.807) is 6.07 Å². The molecular formula is C8H7BrClNO2. The summed E-state index contributed by atoms with van der Waals surface area (Å²) < 4.78 is 4.58. The average Bonchev–Trinajstić information content (AvgIpc) is 2.16. The van der Waals surface area contributed by atoms with E-state index < -0.39 is 5.97 Å². The van der Waals surface area contributed by atoms with Crippen molar-refractivity contribution in [1.82, 2.24) is 4.98 Å². The number of pyridine rings is 1. The van der Waals surface area contributed by atoms with Gasteiger partial charge < -0.3 is 4.74 Å². The fourth-order valence-corrected chi connectivity index (χ4v) is 1.52. The van der Waals surface area contributed by atoms with Crippen molar-refractivity contribution in [3.05, 3.63) is 28.5 Å². The average molecular weight is 265 g/mol. The van der Waals surface area contributed by atoms with Crippen LogP contribution in [-0.4, -0.2) is 18.1 Å². The normalized spacial score (nSPS) is 9.77. The summed E-state index contributed by atoms with van der Waals surface area (Å²) in [5.74, 6) is -0.404. The number of aromatic nitrogens is 1. The van der Waals surface area contributed by atoms with E-state index in [0.717, 1.165) is 5.56 Å². The minimum absolute atomic E-state index is 0.363. The van der Waals surface area contributed by atoms with E-state index >= 15 is 0 Å². The van der Waals surface area contributed by atoms with Gasteiger partial charge in [0.2, 0.25) is 0 Å². The lowest BCUT2D eigenvalue weighted by Crippen LogP contribution is -2.05. The molecule has 0 radical (unpaired) electrons. The molecule has 1 rings (SSSR count). The Hall–Kier alpha value is -0.610. The van der Waals surface area contributed by atoms with Gasteiger partial charge in [-0.1, -0.05) is 27.5 Å². The standard InChI is InChI=1S/C8H7BrClNO2/c1-13-8(12)6-4-11-7(10)2-5(6)3-9/h2,4H,3H2,1H3. The number of carbonyl (C=O) groups excluding carboxylic acids is 1. The molecule has 0 N–H and O–H groups in total. The molecule has 0 aliphatic rings. The predicted molar refractivity (Wildman–Crippen MR) is 53.2 cm³/mol. The van der Waals surface area contributed by atoms with Gasteiger partial charge in [-0.05, 0) is 11.6 Å².